The summed E-state index contributed by atoms with van der Waals surface area (Å²) in [6, 6.07) is 12.3. The molecule has 3 heteroatoms. The normalized spacial score (nSPS) is 13.1. The highest BCUT2D eigenvalue weighted by atomic mass is 35.5. The molecular weight excluding hydrogens is 302 g/mol. The van der Waals surface area contributed by atoms with Gasteiger partial charge in [-0.2, -0.15) is 0 Å². The Morgan fingerprint density at radius 1 is 1.05 bits per heavy atom. The van der Waals surface area contributed by atoms with Gasteiger partial charge < -0.3 is 0 Å². The first-order chi connectivity index (χ1) is 10.4. The van der Waals surface area contributed by atoms with Gasteiger partial charge in [-0.1, -0.05) is 53.6 Å². The van der Waals surface area contributed by atoms with Crippen LogP contribution in [0.15, 0.2) is 59.4 Å². The molecule has 0 saturated heterocycles. The molecule has 114 valence electrons. The smallest absolute Gasteiger partial charge is 0.131 e. The van der Waals surface area contributed by atoms with Crippen molar-refractivity contribution in [2.75, 3.05) is 0 Å². The maximum Gasteiger partial charge on any atom is 0.131 e. The molecule has 0 aliphatic rings. The second kappa shape index (κ2) is 6.89. The number of allylic oxidation sites excluding steroid dienone is 4. The lowest BCUT2D eigenvalue weighted by Gasteiger charge is -2.08. The number of hydrogen-bond donors (Lipinski definition) is 0. The van der Waals surface area contributed by atoms with Crippen LogP contribution >= 0.6 is 11.6 Å². The summed E-state index contributed by atoms with van der Waals surface area (Å²) >= 11 is 5.67. The Bertz CT molecular complexity index is 737. The van der Waals surface area contributed by atoms with E-state index in [1.165, 1.54) is 12.1 Å². The molecule has 0 N–H and O–H groups in total. The fraction of sp³-hybridized carbons (Fsp3) is 0.158. The molecule has 0 saturated carbocycles. The average Bonchev–Trinajstić information content (AvgIpc) is 2.47. The van der Waals surface area contributed by atoms with Gasteiger partial charge in [0.05, 0.1) is 0 Å². The van der Waals surface area contributed by atoms with Crippen molar-refractivity contribution in [1.29, 1.82) is 0 Å². The molecule has 0 fully saturated rings. The van der Waals surface area contributed by atoms with Crippen molar-refractivity contribution >= 4 is 17.2 Å². The molecule has 0 aliphatic heterocycles. The van der Waals surface area contributed by atoms with E-state index in [1.54, 1.807) is 26.0 Å². The fourth-order valence-electron chi connectivity index (χ4n) is 2.14. The van der Waals surface area contributed by atoms with Gasteiger partial charge in [0, 0.05) is 10.6 Å². The van der Waals surface area contributed by atoms with Crippen molar-refractivity contribution in [1.82, 2.24) is 0 Å². The van der Waals surface area contributed by atoms with E-state index in [2.05, 4.69) is 0 Å². The Kier molecular flexibility index (Phi) is 5.15. The summed E-state index contributed by atoms with van der Waals surface area (Å²) in [7, 11) is 0. The third kappa shape index (κ3) is 3.83. The van der Waals surface area contributed by atoms with Crippen molar-refractivity contribution in [2.45, 2.75) is 20.8 Å². The van der Waals surface area contributed by atoms with Crippen LogP contribution in [0.4, 0.5) is 8.78 Å². The van der Waals surface area contributed by atoms with Crippen molar-refractivity contribution in [3.63, 3.8) is 0 Å². The first-order valence-corrected chi connectivity index (χ1v) is 7.33. The molecule has 0 bridgehead atoms. The van der Waals surface area contributed by atoms with E-state index < -0.39 is 5.83 Å². The molecule has 0 aliphatic carbocycles. The quantitative estimate of drug-likeness (QED) is 0.556. The maximum atomic E-state index is 14.3. The van der Waals surface area contributed by atoms with Gasteiger partial charge in [-0.3, -0.25) is 0 Å². The van der Waals surface area contributed by atoms with E-state index in [0.717, 1.165) is 11.1 Å². The Morgan fingerprint density at radius 3 is 2.23 bits per heavy atom. The van der Waals surface area contributed by atoms with Crippen molar-refractivity contribution in [3.8, 4) is 11.1 Å². The van der Waals surface area contributed by atoms with E-state index in [4.69, 9.17) is 11.6 Å². The van der Waals surface area contributed by atoms with Gasteiger partial charge in [-0.05, 0) is 49.6 Å². The number of benzene rings is 2. The van der Waals surface area contributed by atoms with Gasteiger partial charge in [-0.15, -0.1) is 0 Å². The Labute approximate surface area is 134 Å². The average molecular weight is 319 g/mol. The third-order valence-corrected chi connectivity index (χ3v) is 3.56. The zero-order valence-corrected chi connectivity index (χ0v) is 13.5. The van der Waals surface area contributed by atoms with E-state index in [-0.39, 0.29) is 5.82 Å². The molecule has 22 heavy (non-hydrogen) atoms. The summed E-state index contributed by atoms with van der Waals surface area (Å²) < 4.78 is 28.3. The Hall–Kier alpha value is -1.93. The van der Waals surface area contributed by atoms with Crippen LogP contribution in [0.5, 0.6) is 0 Å². The van der Waals surface area contributed by atoms with Crippen LogP contribution in [0.3, 0.4) is 0 Å². The molecule has 0 spiro atoms. The van der Waals surface area contributed by atoms with Crippen LogP contribution in [0, 0.1) is 12.7 Å². The number of aryl methyl sites for hydroxylation is 1. The molecule has 2 aromatic carbocycles. The summed E-state index contributed by atoms with van der Waals surface area (Å²) in [5.74, 6) is -0.838. The molecule has 0 unspecified atom stereocenters. The zero-order valence-electron chi connectivity index (χ0n) is 12.8. The largest absolute Gasteiger partial charge is 0.207 e. The molecule has 0 heterocycles. The number of rotatable bonds is 3. The highest BCUT2D eigenvalue weighted by Gasteiger charge is 2.09. The predicted molar refractivity (Wildman–Crippen MR) is 89.9 cm³/mol. The minimum Gasteiger partial charge on any atom is -0.207 e. The highest BCUT2D eigenvalue weighted by molar-refractivity contribution is 6.29. The summed E-state index contributed by atoms with van der Waals surface area (Å²) in [5.41, 5.74) is 3.27. The first-order valence-electron chi connectivity index (χ1n) is 6.95. The maximum absolute atomic E-state index is 14.3. The van der Waals surface area contributed by atoms with Crippen LogP contribution in [-0.4, -0.2) is 0 Å². The number of hydrogen-bond acceptors (Lipinski definition) is 0. The van der Waals surface area contributed by atoms with Crippen LogP contribution < -0.4 is 0 Å². The summed E-state index contributed by atoms with van der Waals surface area (Å²) in [4.78, 5) is 0. The molecule has 0 nitrogen and oxygen atoms in total. The van der Waals surface area contributed by atoms with Crippen molar-refractivity contribution in [2.24, 2.45) is 0 Å². The van der Waals surface area contributed by atoms with Crippen LogP contribution in [-0.2, 0) is 0 Å². The van der Waals surface area contributed by atoms with Crippen LogP contribution in [0.1, 0.15) is 25.0 Å². The molecule has 2 aromatic rings. The lowest BCUT2D eigenvalue weighted by Crippen LogP contribution is -1.89. The third-order valence-electron chi connectivity index (χ3n) is 3.45. The molecule has 0 radical (unpaired) electrons. The summed E-state index contributed by atoms with van der Waals surface area (Å²) in [6.45, 7) is 5.17. The van der Waals surface area contributed by atoms with Gasteiger partial charge in [0.1, 0.15) is 11.6 Å². The standard InChI is InChI=1S/C19H17ClF2/c1-12-4-6-15(7-5-12)17-9-8-16(11-19(17)22)14(3)18(21)10-13(2)20/h4-11H,1-3H3. The predicted octanol–water partition coefficient (Wildman–Crippen LogP) is 6.64. The van der Waals surface area contributed by atoms with E-state index in [0.29, 0.717) is 21.7 Å². The summed E-state index contributed by atoms with van der Waals surface area (Å²) in [5, 5.41) is 0.341. The topological polar surface area (TPSA) is 0 Å². The van der Waals surface area contributed by atoms with Crippen molar-refractivity contribution in [3.05, 3.63) is 76.3 Å². The number of halogens is 3. The summed E-state index contributed by atoms with van der Waals surface area (Å²) in [6.07, 6.45) is 1.22. The molecular formula is C19H17ClF2. The Morgan fingerprint density at radius 2 is 1.68 bits per heavy atom. The minimum absolute atomic E-state index is 0.341. The lowest BCUT2D eigenvalue weighted by atomic mass is 9.99. The van der Waals surface area contributed by atoms with Gasteiger partial charge in [0.2, 0.25) is 0 Å². The van der Waals surface area contributed by atoms with Gasteiger partial charge in [0.25, 0.3) is 0 Å². The zero-order chi connectivity index (χ0) is 16.3. The second-order valence-corrected chi connectivity index (χ2v) is 5.86. The van der Waals surface area contributed by atoms with Gasteiger partial charge in [-0.25, -0.2) is 8.78 Å². The highest BCUT2D eigenvalue weighted by Crippen LogP contribution is 2.28. The SMILES string of the molecule is CC(Cl)=CC(F)=C(C)c1ccc(-c2ccc(C)cc2)c(F)c1. The van der Waals surface area contributed by atoms with E-state index >= 15 is 0 Å². The van der Waals surface area contributed by atoms with Crippen LogP contribution in [0.25, 0.3) is 16.7 Å². The monoisotopic (exact) mass is 318 g/mol. The molecule has 2 rings (SSSR count). The van der Waals surface area contributed by atoms with E-state index in [1.807, 2.05) is 31.2 Å². The molecule has 0 aromatic heterocycles. The van der Waals surface area contributed by atoms with Gasteiger partial charge >= 0.3 is 0 Å². The minimum atomic E-state index is -0.463. The van der Waals surface area contributed by atoms with Crippen LogP contribution in [0.2, 0.25) is 0 Å². The Balaban J connectivity index is 2.42. The van der Waals surface area contributed by atoms with E-state index in [9.17, 15) is 8.78 Å². The molecule has 0 atom stereocenters. The van der Waals surface area contributed by atoms with Gasteiger partial charge in [0.15, 0.2) is 0 Å². The lowest BCUT2D eigenvalue weighted by molar-refractivity contribution is 0.630. The second-order valence-electron chi connectivity index (χ2n) is 5.26. The molecule has 0 amide bonds. The first kappa shape index (κ1) is 16.4. The van der Waals surface area contributed by atoms with Crippen molar-refractivity contribution < 1.29 is 8.78 Å². The fourth-order valence-corrected chi connectivity index (χ4v) is 2.23.